The van der Waals surface area contributed by atoms with Crippen LogP contribution in [0.15, 0.2) is 60.9 Å². The van der Waals surface area contributed by atoms with E-state index in [-0.39, 0.29) is 30.8 Å². The fourth-order valence-electron chi connectivity index (χ4n) is 5.55. The van der Waals surface area contributed by atoms with Gasteiger partial charge in [-0.05, 0) is 49.9 Å². The number of hydrogen-bond donors (Lipinski definition) is 3. The Morgan fingerprint density at radius 1 is 1.02 bits per heavy atom. The Balaban J connectivity index is 1.15. The maximum Gasteiger partial charge on any atom is 0.407 e. The second-order valence-electron chi connectivity index (χ2n) is 11.4. The van der Waals surface area contributed by atoms with Crippen molar-refractivity contribution in [2.24, 2.45) is 5.92 Å². The van der Waals surface area contributed by atoms with E-state index in [1.807, 2.05) is 54.7 Å². The standard InChI is InChI=1S/C31H38N6O5/c1-31(2,29(39)35-13-15-36(16-14-35)30(40)41)42-27-7-3-6-26(17-27)37-12-4-5-24(21-37)28(38)32-18-22-8-10-23(11-9-22)25-19-33-34-20-25/h3,6-11,17,19-20,24H,4-5,12-16,18,21H2,1-2H3,(H,32,38)(H,33,34)(H,40,41)/t24-/m0/s1. The molecule has 222 valence electrons. The van der Waals surface area contributed by atoms with E-state index in [0.717, 1.165) is 41.8 Å². The van der Waals surface area contributed by atoms with Crippen LogP contribution in [0.2, 0.25) is 0 Å². The largest absolute Gasteiger partial charge is 0.478 e. The van der Waals surface area contributed by atoms with E-state index in [4.69, 9.17) is 4.74 Å². The number of amides is 3. The quantitative estimate of drug-likeness (QED) is 0.375. The zero-order valence-corrected chi connectivity index (χ0v) is 24.1. The normalized spacial score (nSPS) is 17.6. The van der Waals surface area contributed by atoms with Gasteiger partial charge >= 0.3 is 6.09 Å². The first-order chi connectivity index (χ1) is 20.2. The lowest BCUT2D eigenvalue weighted by Gasteiger charge is -2.38. The van der Waals surface area contributed by atoms with E-state index >= 15 is 0 Å². The molecule has 0 spiro atoms. The molecule has 3 heterocycles. The molecule has 2 aliphatic rings. The summed E-state index contributed by atoms with van der Waals surface area (Å²) < 4.78 is 6.18. The minimum absolute atomic E-state index is 0.0424. The highest BCUT2D eigenvalue weighted by molar-refractivity contribution is 5.85. The highest BCUT2D eigenvalue weighted by Crippen LogP contribution is 2.29. The van der Waals surface area contributed by atoms with Crippen molar-refractivity contribution in [2.45, 2.75) is 38.8 Å². The van der Waals surface area contributed by atoms with Crippen molar-refractivity contribution < 1.29 is 24.2 Å². The molecule has 11 nitrogen and oxygen atoms in total. The molecule has 11 heteroatoms. The number of anilines is 1. The molecule has 0 saturated carbocycles. The average molecular weight is 575 g/mol. The number of aromatic amines is 1. The first-order valence-electron chi connectivity index (χ1n) is 14.4. The minimum Gasteiger partial charge on any atom is -0.478 e. The topological polar surface area (TPSA) is 131 Å². The van der Waals surface area contributed by atoms with Crippen LogP contribution < -0.4 is 15.0 Å². The molecule has 0 bridgehead atoms. The Hall–Kier alpha value is -4.54. The number of aromatic nitrogens is 2. The number of H-pyrrole nitrogens is 1. The van der Waals surface area contributed by atoms with Crippen molar-refractivity contribution in [3.05, 3.63) is 66.5 Å². The minimum atomic E-state index is -1.12. The number of hydrogen-bond acceptors (Lipinski definition) is 6. The molecular weight excluding hydrogens is 536 g/mol. The fourth-order valence-corrected chi connectivity index (χ4v) is 5.55. The van der Waals surface area contributed by atoms with Crippen LogP contribution in [0.3, 0.4) is 0 Å². The smallest absolute Gasteiger partial charge is 0.407 e. The summed E-state index contributed by atoms with van der Waals surface area (Å²) in [6.45, 7) is 6.62. The summed E-state index contributed by atoms with van der Waals surface area (Å²) in [5, 5.41) is 19.1. The first-order valence-corrected chi connectivity index (χ1v) is 14.4. The van der Waals surface area contributed by atoms with Crippen LogP contribution in [0.5, 0.6) is 5.75 Å². The Bertz CT molecular complexity index is 1380. The van der Waals surface area contributed by atoms with Gasteiger partial charge in [-0.3, -0.25) is 14.7 Å². The lowest BCUT2D eigenvalue weighted by Crippen LogP contribution is -2.56. The Morgan fingerprint density at radius 3 is 2.45 bits per heavy atom. The first kappa shape index (κ1) is 29.0. The summed E-state index contributed by atoms with van der Waals surface area (Å²) in [6.07, 6.45) is 4.38. The lowest BCUT2D eigenvalue weighted by molar-refractivity contribution is -0.147. The number of benzene rings is 2. The van der Waals surface area contributed by atoms with E-state index in [1.165, 1.54) is 4.90 Å². The summed E-state index contributed by atoms with van der Waals surface area (Å²) in [5.41, 5.74) is 2.95. The van der Waals surface area contributed by atoms with Crippen LogP contribution in [0.1, 0.15) is 32.3 Å². The third kappa shape index (κ3) is 6.84. The second-order valence-corrected chi connectivity index (χ2v) is 11.4. The van der Waals surface area contributed by atoms with Gasteiger partial charge in [0.2, 0.25) is 5.91 Å². The summed E-state index contributed by atoms with van der Waals surface area (Å²) in [7, 11) is 0. The maximum absolute atomic E-state index is 13.2. The zero-order valence-electron chi connectivity index (χ0n) is 24.1. The number of rotatable bonds is 8. The van der Waals surface area contributed by atoms with Gasteiger partial charge in [0.15, 0.2) is 5.60 Å². The van der Waals surface area contributed by atoms with E-state index < -0.39 is 11.7 Å². The average Bonchev–Trinajstić information content (AvgIpc) is 3.55. The SMILES string of the molecule is CC(C)(Oc1cccc(N2CCC[C@H](C(=O)NCc3ccc(-c4cn[nH]c4)cc3)C2)c1)C(=O)N1CCN(C(=O)O)CC1. The molecular formula is C31H38N6O5. The monoisotopic (exact) mass is 574 g/mol. The van der Waals surface area contributed by atoms with Crippen LogP contribution in [0.25, 0.3) is 11.1 Å². The van der Waals surface area contributed by atoms with Crippen LogP contribution >= 0.6 is 0 Å². The van der Waals surface area contributed by atoms with Gasteiger partial charge in [-0.25, -0.2) is 4.79 Å². The maximum atomic E-state index is 13.2. The highest BCUT2D eigenvalue weighted by Gasteiger charge is 2.36. The number of carbonyl (C=O) groups is 3. The molecule has 2 aromatic carbocycles. The number of piperidine rings is 1. The Morgan fingerprint density at radius 2 is 1.76 bits per heavy atom. The molecule has 1 aromatic heterocycles. The number of ether oxygens (including phenoxy) is 1. The molecule has 5 rings (SSSR count). The number of nitrogens with zero attached hydrogens (tertiary/aromatic N) is 4. The third-order valence-electron chi connectivity index (χ3n) is 7.95. The van der Waals surface area contributed by atoms with Crippen LogP contribution in [0.4, 0.5) is 10.5 Å². The molecule has 2 saturated heterocycles. The summed E-state index contributed by atoms with van der Waals surface area (Å²) >= 11 is 0. The van der Waals surface area contributed by atoms with Gasteiger partial charge in [0.25, 0.3) is 5.91 Å². The van der Waals surface area contributed by atoms with E-state index in [1.54, 1.807) is 24.9 Å². The van der Waals surface area contributed by atoms with Gasteiger partial charge < -0.3 is 29.9 Å². The van der Waals surface area contributed by atoms with Crippen molar-refractivity contribution in [1.29, 1.82) is 0 Å². The molecule has 3 amide bonds. The van der Waals surface area contributed by atoms with Gasteiger partial charge in [0, 0.05) is 69.3 Å². The van der Waals surface area contributed by atoms with Gasteiger partial charge in [-0.1, -0.05) is 30.3 Å². The molecule has 3 aromatic rings. The predicted octanol–water partition coefficient (Wildman–Crippen LogP) is 3.59. The third-order valence-corrected chi connectivity index (χ3v) is 7.95. The molecule has 42 heavy (non-hydrogen) atoms. The fraction of sp³-hybridized carbons (Fsp3) is 0.419. The summed E-state index contributed by atoms with van der Waals surface area (Å²) in [6, 6.07) is 15.7. The summed E-state index contributed by atoms with van der Waals surface area (Å²) in [4.78, 5) is 42.7. The zero-order chi connectivity index (χ0) is 29.7. The van der Waals surface area contributed by atoms with E-state index in [0.29, 0.717) is 31.9 Å². The number of piperazine rings is 1. The van der Waals surface area contributed by atoms with Gasteiger partial charge in [-0.2, -0.15) is 5.10 Å². The molecule has 3 N–H and O–H groups in total. The molecule has 0 radical (unpaired) electrons. The van der Waals surface area contributed by atoms with Gasteiger partial charge in [0.05, 0.1) is 12.1 Å². The van der Waals surface area contributed by atoms with Crippen molar-refractivity contribution in [2.75, 3.05) is 44.2 Å². The van der Waals surface area contributed by atoms with Crippen molar-refractivity contribution in [3.63, 3.8) is 0 Å². The van der Waals surface area contributed by atoms with Gasteiger partial charge in [-0.15, -0.1) is 0 Å². The number of carbonyl (C=O) groups excluding carboxylic acids is 2. The number of carboxylic acid groups (broad SMARTS) is 1. The van der Waals surface area contributed by atoms with Gasteiger partial charge in [0.1, 0.15) is 5.75 Å². The van der Waals surface area contributed by atoms with Crippen molar-refractivity contribution in [1.82, 2.24) is 25.3 Å². The van der Waals surface area contributed by atoms with Crippen molar-refractivity contribution >= 4 is 23.6 Å². The second kappa shape index (κ2) is 12.5. The Kier molecular flexibility index (Phi) is 8.65. The highest BCUT2D eigenvalue weighted by atomic mass is 16.5. The molecule has 2 fully saturated rings. The van der Waals surface area contributed by atoms with Crippen LogP contribution in [-0.4, -0.2) is 87.9 Å². The van der Waals surface area contributed by atoms with Crippen LogP contribution in [0, 0.1) is 5.92 Å². The van der Waals surface area contributed by atoms with E-state index in [9.17, 15) is 19.5 Å². The molecule has 0 aliphatic carbocycles. The van der Waals surface area contributed by atoms with Crippen LogP contribution in [-0.2, 0) is 16.1 Å². The Labute approximate surface area is 245 Å². The molecule has 0 unspecified atom stereocenters. The lowest BCUT2D eigenvalue weighted by atomic mass is 9.96. The van der Waals surface area contributed by atoms with Crippen molar-refractivity contribution in [3.8, 4) is 16.9 Å². The molecule has 1 atom stereocenters. The predicted molar refractivity (Wildman–Crippen MR) is 158 cm³/mol. The number of nitrogens with one attached hydrogen (secondary N) is 2. The van der Waals surface area contributed by atoms with E-state index in [2.05, 4.69) is 20.4 Å². The molecule has 2 aliphatic heterocycles. The summed E-state index contributed by atoms with van der Waals surface area (Å²) in [5.74, 6) is 0.306.